The molecule has 31 heavy (non-hydrogen) atoms. The van der Waals surface area contributed by atoms with E-state index in [0.29, 0.717) is 11.2 Å². The highest BCUT2D eigenvalue weighted by Crippen LogP contribution is 2.42. The highest BCUT2D eigenvalue weighted by molar-refractivity contribution is 5.90. The summed E-state index contributed by atoms with van der Waals surface area (Å²) in [5, 5.41) is 8.27. The quantitative estimate of drug-likeness (QED) is 0.453. The average Bonchev–Trinajstić information content (AvgIpc) is 3.26. The van der Waals surface area contributed by atoms with Crippen molar-refractivity contribution in [1.29, 1.82) is 0 Å². The predicted octanol–water partition coefficient (Wildman–Crippen LogP) is 5.20. The van der Waals surface area contributed by atoms with E-state index in [2.05, 4.69) is 64.7 Å². The van der Waals surface area contributed by atoms with Gasteiger partial charge in [-0.3, -0.25) is 4.79 Å². The minimum absolute atomic E-state index is 0.00559. The van der Waals surface area contributed by atoms with Crippen molar-refractivity contribution >= 4 is 17.1 Å². The summed E-state index contributed by atoms with van der Waals surface area (Å²) in [6, 6.07) is 21.0. The van der Waals surface area contributed by atoms with Gasteiger partial charge < -0.3 is 0 Å². The maximum atomic E-state index is 13.8. The summed E-state index contributed by atoms with van der Waals surface area (Å²) in [7, 11) is 0. The summed E-state index contributed by atoms with van der Waals surface area (Å²) in [5.74, 6) is -0.189. The lowest BCUT2D eigenvalue weighted by atomic mass is 9.71. The molecule has 2 unspecified atom stereocenters. The third-order valence-corrected chi connectivity index (χ3v) is 6.40. The van der Waals surface area contributed by atoms with E-state index in [0.717, 1.165) is 19.3 Å². The van der Waals surface area contributed by atoms with Crippen LogP contribution in [0.2, 0.25) is 0 Å². The Morgan fingerprint density at radius 3 is 2.81 bits per heavy atom. The maximum Gasteiger partial charge on any atom is 0.252 e. The average molecular weight is 411 g/mol. The minimum atomic E-state index is -0.193. The van der Waals surface area contributed by atoms with Crippen molar-refractivity contribution in [3.8, 4) is 0 Å². The smallest absolute Gasteiger partial charge is 0.252 e. The van der Waals surface area contributed by atoms with E-state index in [4.69, 9.17) is 0 Å². The molecule has 5 heteroatoms. The van der Waals surface area contributed by atoms with Gasteiger partial charge in [0.05, 0.1) is 5.92 Å². The Morgan fingerprint density at radius 2 is 1.97 bits per heavy atom. The molecule has 0 saturated heterocycles. The van der Waals surface area contributed by atoms with Crippen molar-refractivity contribution in [3.63, 3.8) is 0 Å². The molecule has 2 heterocycles. The van der Waals surface area contributed by atoms with Crippen LogP contribution in [0.25, 0.3) is 11.2 Å². The SMILES string of the molecule is CCCCc1ccc2c(c1)C(c1ccccc1)C(C(=O)n1nnc3ncccc31)CC2. The number of hydrogen-bond donors (Lipinski definition) is 0. The Bertz CT molecular complexity index is 1210. The highest BCUT2D eigenvalue weighted by Gasteiger charge is 2.37. The van der Waals surface area contributed by atoms with Crippen molar-refractivity contribution < 1.29 is 4.79 Å². The molecule has 0 spiro atoms. The molecule has 2 aromatic heterocycles. The van der Waals surface area contributed by atoms with Crippen molar-refractivity contribution in [2.45, 2.75) is 44.9 Å². The second kappa shape index (κ2) is 8.42. The number of hydrogen-bond acceptors (Lipinski definition) is 4. The lowest BCUT2D eigenvalue weighted by Gasteiger charge is -2.33. The Labute approximate surface area is 182 Å². The molecule has 5 nitrogen and oxygen atoms in total. The monoisotopic (exact) mass is 410 g/mol. The molecule has 0 N–H and O–H groups in total. The van der Waals surface area contributed by atoms with E-state index in [1.165, 1.54) is 39.8 Å². The topological polar surface area (TPSA) is 60.7 Å². The van der Waals surface area contributed by atoms with E-state index >= 15 is 0 Å². The van der Waals surface area contributed by atoms with Gasteiger partial charge in [-0.15, -0.1) is 5.10 Å². The van der Waals surface area contributed by atoms with Crippen molar-refractivity contribution in [2.24, 2.45) is 5.92 Å². The molecule has 0 amide bonds. The van der Waals surface area contributed by atoms with Gasteiger partial charge in [0.1, 0.15) is 5.52 Å². The van der Waals surface area contributed by atoms with Crippen molar-refractivity contribution in [1.82, 2.24) is 20.0 Å². The van der Waals surface area contributed by atoms with Crippen LogP contribution >= 0.6 is 0 Å². The largest absolute Gasteiger partial charge is 0.272 e. The third kappa shape index (κ3) is 3.65. The Hall–Kier alpha value is -3.34. The fourth-order valence-electron chi connectivity index (χ4n) is 4.82. The van der Waals surface area contributed by atoms with E-state index in [1.54, 1.807) is 6.20 Å². The Morgan fingerprint density at radius 1 is 1.10 bits per heavy atom. The van der Waals surface area contributed by atoms with Gasteiger partial charge in [-0.1, -0.05) is 67.1 Å². The minimum Gasteiger partial charge on any atom is -0.272 e. The zero-order valence-corrected chi connectivity index (χ0v) is 17.7. The number of aromatic nitrogens is 4. The fourth-order valence-corrected chi connectivity index (χ4v) is 4.82. The zero-order valence-electron chi connectivity index (χ0n) is 17.7. The maximum absolute atomic E-state index is 13.8. The van der Waals surface area contributed by atoms with Gasteiger partial charge in [0, 0.05) is 12.1 Å². The number of carbonyl (C=O) groups is 1. The van der Waals surface area contributed by atoms with Gasteiger partial charge in [0.25, 0.3) is 5.91 Å². The first kappa shape index (κ1) is 19.6. The number of carbonyl (C=O) groups excluding carboxylic acids is 1. The third-order valence-electron chi connectivity index (χ3n) is 6.40. The number of benzene rings is 2. The van der Waals surface area contributed by atoms with Gasteiger partial charge in [0.15, 0.2) is 0 Å². The van der Waals surface area contributed by atoms with Gasteiger partial charge in [-0.2, -0.15) is 4.68 Å². The normalized spacial score (nSPS) is 18.1. The van der Waals surface area contributed by atoms with Crippen LogP contribution in [-0.2, 0) is 12.8 Å². The van der Waals surface area contributed by atoms with Gasteiger partial charge in [0.2, 0.25) is 5.65 Å². The summed E-state index contributed by atoms with van der Waals surface area (Å²) in [6.07, 6.45) is 6.79. The van der Waals surface area contributed by atoms with Crippen LogP contribution in [-0.4, -0.2) is 25.9 Å². The molecule has 0 aliphatic heterocycles. The summed E-state index contributed by atoms with van der Waals surface area (Å²) in [4.78, 5) is 18.0. The van der Waals surface area contributed by atoms with Crippen LogP contribution in [0.4, 0.5) is 0 Å². The predicted molar refractivity (Wildman–Crippen MR) is 121 cm³/mol. The molecule has 2 aromatic carbocycles. The Balaban J connectivity index is 1.59. The Kier molecular flexibility index (Phi) is 5.33. The van der Waals surface area contributed by atoms with E-state index < -0.39 is 0 Å². The summed E-state index contributed by atoms with van der Waals surface area (Å²) < 4.78 is 1.45. The first-order valence-corrected chi connectivity index (χ1v) is 11.1. The number of rotatable bonds is 5. The molecule has 4 aromatic rings. The number of aryl methyl sites for hydroxylation is 2. The first-order valence-electron chi connectivity index (χ1n) is 11.1. The lowest BCUT2D eigenvalue weighted by Crippen LogP contribution is -2.32. The van der Waals surface area contributed by atoms with Gasteiger partial charge in [-0.25, -0.2) is 4.98 Å². The molecule has 0 saturated carbocycles. The first-order chi connectivity index (χ1) is 15.3. The number of unbranched alkanes of at least 4 members (excludes halogenated alkanes) is 1. The summed E-state index contributed by atoms with van der Waals surface area (Å²) in [6.45, 7) is 2.22. The molecule has 2 atom stereocenters. The zero-order chi connectivity index (χ0) is 21.2. The molecule has 0 radical (unpaired) electrons. The van der Waals surface area contributed by atoms with Crippen LogP contribution in [0.15, 0.2) is 66.9 Å². The highest BCUT2D eigenvalue weighted by atomic mass is 16.2. The number of pyridine rings is 1. The lowest BCUT2D eigenvalue weighted by molar-refractivity contribution is 0.0794. The van der Waals surface area contributed by atoms with Crippen LogP contribution < -0.4 is 0 Å². The van der Waals surface area contributed by atoms with Gasteiger partial charge in [-0.05, 0) is 60.1 Å². The van der Waals surface area contributed by atoms with Crippen LogP contribution in [0.5, 0.6) is 0 Å². The fraction of sp³-hybridized carbons (Fsp3) is 0.308. The molecule has 1 aliphatic carbocycles. The summed E-state index contributed by atoms with van der Waals surface area (Å²) in [5.41, 5.74) is 6.34. The van der Waals surface area contributed by atoms with E-state index in [-0.39, 0.29) is 17.7 Å². The molecule has 0 fully saturated rings. The second-order valence-corrected chi connectivity index (χ2v) is 8.36. The van der Waals surface area contributed by atoms with Crippen LogP contribution in [0.3, 0.4) is 0 Å². The van der Waals surface area contributed by atoms with Crippen molar-refractivity contribution in [3.05, 3.63) is 89.1 Å². The van der Waals surface area contributed by atoms with Crippen LogP contribution in [0.1, 0.15) is 59.2 Å². The van der Waals surface area contributed by atoms with Crippen LogP contribution in [0, 0.1) is 5.92 Å². The molecule has 156 valence electrons. The molecule has 5 rings (SSSR count). The van der Waals surface area contributed by atoms with Crippen molar-refractivity contribution in [2.75, 3.05) is 0 Å². The van der Waals surface area contributed by atoms with E-state index in [9.17, 15) is 4.79 Å². The molecular weight excluding hydrogens is 384 g/mol. The summed E-state index contributed by atoms with van der Waals surface area (Å²) >= 11 is 0. The van der Waals surface area contributed by atoms with E-state index in [1.807, 2.05) is 18.2 Å². The molecule has 1 aliphatic rings. The second-order valence-electron chi connectivity index (χ2n) is 8.36. The number of fused-ring (bicyclic) bond motifs is 2. The van der Waals surface area contributed by atoms with Gasteiger partial charge >= 0.3 is 0 Å². The molecular formula is C26H26N4O. The standard InChI is InChI=1S/C26H26N4O/c1-2-3-8-18-12-13-19-14-15-21(24(22(19)17-18)20-9-5-4-6-10-20)26(31)30-23-11-7-16-27-25(23)28-29-30/h4-7,9-13,16-17,21,24H,2-3,8,14-15H2,1H3. The number of nitrogens with zero attached hydrogens (tertiary/aromatic N) is 4. The molecule has 0 bridgehead atoms.